The molecule has 0 aliphatic carbocycles. The topological polar surface area (TPSA) is 26.3 Å². The second-order valence-corrected chi connectivity index (χ2v) is 3.61. The van der Waals surface area contributed by atoms with Crippen LogP contribution in [-0.2, 0) is 9.53 Å². The first-order valence-corrected chi connectivity index (χ1v) is 5.01. The van der Waals surface area contributed by atoms with Crippen LogP contribution in [0, 0.1) is 6.92 Å². The molecular formula is C12H13ClO2. The van der Waals surface area contributed by atoms with E-state index in [2.05, 4.69) is 4.74 Å². The number of hydrogen-bond acceptors (Lipinski definition) is 2. The van der Waals surface area contributed by atoms with Crippen molar-refractivity contribution in [1.29, 1.82) is 0 Å². The Morgan fingerprint density at radius 3 is 2.87 bits per heavy atom. The third kappa shape index (κ3) is 3.76. The average molecular weight is 225 g/mol. The SMILES string of the molecule is COC(=O)CC=Cc1ccc(C)cc1Cl. The number of methoxy groups -OCH3 is 1. The number of rotatable bonds is 3. The summed E-state index contributed by atoms with van der Waals surface area (Å²) in [5.74, 6) is -0.255. The number of ether oxygens (including phenoxy) is 1. The monoisotopic (exact) mass is 224 g/mol. The molecule has 0 N–H and O–H groups in total. The Hall–Kier alpha value is -1.28. The van der Waals surface area contributed by atoms with Crippen molar-refractivity contribution in [2.24, 2.45) is 0 Å². The van der Waals surface area contributed by atoms with Crippen LogP contribution in [0.5, 0.6) is 0 Å². The quantitative estimate of drug-likeness (QED) is 0.737. The summed E-state index contributed by atoms with van der Waals surface area (Å²) in [6.07, 6.45) is 3.82. The van der Waals surface area contributed by atoms with Gasteiger partial charge in [-0.2, -0.15) is 0 Å². The van der Waals surface area contributed by atoms with E-state index in [0.29, 0.717) is 5.02 Å². The summed E-state index contributed by atoms with van der Waals surface area (Å²) >= 11 is 6.01. The highest BCUT2D eigenvalue weighted by Gasteiger charge is 1.97. The first-order chi connectivity index (χ1) is 7.13. The molecule has 0 spiro atoms. The Labute approximate surface area is 94.5 Å². The maximum Gasteiger partial charge on any atom is 0.309 e. The van der Waals surface area contributed by atoms with E-state index in [1.54, 1.807) is 6.08 Å². The lowest BCUT2D eigenvalue weighted by Crippen LogP contribution is -1.96. The van der Waals surface area contributed by atoms with Crippen molar-refractivity contribution in [3.8, 4) is 0 Å². The summed E-state index contributed by atoms with van der Waals surface area (Å²) in [5.41, 5.74) is 2.02. The Balaban J connectivity index is 2.68. The second kappa shape index (κ2) is 5.56. The highest BCUT2D eigenvalue weighted by atomic mass is 35.5. The largest absolute Gasteiger partial charge is 0.469 e. The van der Waals surface area contributed by atoms with E-state index in [-0.39, 0.29) is 12.4 Å². The molecule has 80 valence electrons. The molecule has 1 rings (SSSR count). The zero-order valence-electron chi connectivity index (χ0n) is 8.79. The van der Waals surface area contributed by atoms with Gasteiger partial charge in [0.25, 0.3) is 0 Å². The number of aryl methyl sites for hydroxylation is 1. The fourth-order valence-electron chi connectivity index (χ4n) is 1.13. The first-order valence-electron chi connectivity index (χ1n) is 4.63. The van der Waals surface area contributed by atoms with Crippen LogP contribution in [-0.4, -0.2) is 13.1 Å². The van der Waals surface area contributed by atoms with Crippen LogP contribution in [0.3, 0.4) is 0 Å². The maximum absolute atomic E-state index is 10.8. The van der Waals surface area contributed by atoms with E-state index < -0.39 is 0 Å². The molecule has 15 heavy (non-hydrogen) atoms. The van der Waals surface area contributed by atoms with Crippen LogP contribution < -0.4 is 0 Å². The van der Waals surface area contributed by atoms with E-state index in [1.807, 2.05) is 31.2 Å². The van der Waals surface area contributed by atoms with E-state index in [0.717, 1.165) is 11.1 Å². The predicted molar refractivity (Wildman–Crippen MR) is 61.9 cm³/mol. The molecule has 0 heterocycles. The third-order valence-electron chi connectivity index (χ3n) is 1.97. The van der Waals surface area contributed by atoms with E-state index in [4.69, 9.17) is 11.6 Å². The van der Waals surface area contributed by atoms with Gasteiger partial charge in [0.05, 0.1) is 13.5 Å². The fourth-order valence-corrected chi connectivity index (χ4v) is 1.43. The summed E-state index contributed by atoms with van der Waals surface area (Å²) in [5, 5.41) is 0.691. The fraction of sp³-hybridized carbons (Fsp3) is 0.250. The lowest BCUT2D eigenvalue weighted by Gasteiger charge is -1.99. The molecule has 1 aromatic rings. The predicted octanol–water partition coefficient (Wildman–Crippen LogP) is 3.22. The molecule has 2 nitrogen and oxygen atoms in total. The van der Waals surface area contributed by atoms with Crippen molar-refractivity contribution in [1.82, 2.24) is 0 Å². The van der Waals surface area contributed by atoms with Crippen molar-refractivity contribution in [3.63, 3.8) is 0 Å². The molecule has 0 unspecified atom stereocenters. The minimum Gasteiger partial charge on any atom is -0.469 e. The number of benzene rings is 1. The first kappa shape index (κ1) is 11.8. The number of esters is 1. The Kier molecular flexibility index (Phi) is 4.37. The lowest BCUT2D eigenvalue weighted by molar-refractivity contribution is -0.139. The zero-order chi connectivity index (χ0) is 11.3. The Morgan fingerprint density at radius 1 is 1.53 bits per heavy atom. The molecule has 0 atom stereocenters. The second-order valence-electron chi connectivity index (χ2n) is 3.21. The molecule has 0 aromatic heterocycles. The van der Waals surface area contributed by atoms with Crippen LogP contribution in [0.4, 0.5) is 0 Å². The van der Waals surface area contributed by atoms with Crippen molar-refractivity contribution in [2.45, 2.75) is 13.3 Å². The van der Waals surface area contributed by atoms with Crippen LogP contribution in [0.1, 0.15) is 17.5 Å². The average Bonchev–Trinajstić information content (AvgIpc) is 2.21. The summed E-state index contributed by atoms with van der Waals surface area (Å²) < 4.78 is 4.51. The highest BCUT2D eigenvalue weighted by Crippen LogP contribution is 2.18. The molecule has 0 saturated carbocycles. The summed E-state index contributed by atoms with van der Waals surface area (Å²) in [7, 11) is 1.37. The molecule has 0 aliphatic rings. The zero-order valence-corrected chi connectivity index (χ0v) is 9.54. The van der Waals surface area contributed by atoms with Gasteiger partial charge in [-0.25, -0.2) is 0 Å². The molecule has 3 heteroatoms. The van der Waals surface area contributed by atoms with Gasteiger partial charge in [-0.1, -0.05) is 35.9 Å². The maximum atomic E-state index is 10.8. The van der Waals surface area contributed by atoms with Gasteiger partial charge in [0.1, 0.15) is 0 Å². The minimum atomic E-state index is -0.255. The number of halogens is 1. The normalized spacial score (nSPS) is 10.6. The number of carbonyl (C=O) groups is 1. The van der Waals surface area contributed by atoms with E-state index in [9.17, 15) is 4.79 Å². The summed E-state index contributed by atoms with van der Waals surface area (Å²) in [6.45, 7) is 1.98. The van der Waals surface area contributed by atoms with Gasteiger partial charge in [0, 0.05) is 5.02 Å². The van der Waals surface area contributed by atoms with Gasteiger partial charge in [0.15, 0.2) is 0 Å². The van der Waals surface area contributed by atoms with Gasteiger partial charge < -0.3 is 4.74 Å². The van der Waals surface area contributed by atoms with Gasteiger partial charge >= 0.3 is 5.97 Å². The molecule has 0 amide bonds. The van der Waals surface area contributed by atoms with Crippen LogP contribution in [0.2, 0.25) is 5.02 Å². The van der Waals surface area contributed by atoms with Gasteiger partial charge in [-0.15, -0.1) is 0 Å². The molecule has 0 bridgehead atoms. The molecular weight excluding hydrogens is 212 g/mol. The standard InChI is InChI=1S/C12H13ClO2/c1-9-6-7-10(11(13)8-9)4-3-5-12(14)15-2/h3-4,6-8H,5H2,1-2H3. The van der Waals surface area contributed by atoms with Gasteiger partial charge in [0.2, 0.25) is 0 Å². The lowest BCUT2D eigenvalue weighted by atomic mass is 10.1. The molecule has 0 radical (unpaired) electrons. The van der Waals surface area contributed by atoms with Crippen molar-refractivity contribution >= 4 is 23.6 Å². The van der Waals surface area contributed by atoms with E-state index >= 15 is 0 Å². The molecule has 0 fully saturated rings. The van der Waals surface area contributed by atoms with Gasteiger partial charge in [-0.3, -0.25) is 4.79 Å². The van der Waals surface area contributed by atoms with Crippen LogP contribution >= 0.6 is 11.6 Å². The summed E-state index contributed by atoms with van der Waals surface area (Å²) in [6, 6.07) is 5.79. The summed E-state index contributed by atoms with van der Waals surface area (Å²) in [4.78, 5) is 10.8. The number of carbonyl (C=O) groups excluding carboxylic acids is 1. The smallest absolute Gasteiger partial charge is 0.309 e. The van der Waals surface area contributed by atoms with Crippen LogP contribution in [0.15, 0.2) is 24.3 Å². The van der Waals surface area contributed by atoms with Crippen molar-refractivity contribution in [3.05, 3.63) is 40.4 Å². The molecule has 1 aromatic carbocycles. The van der Waals surface area contributed by atoms with Crippen LogP contribution in [0.25, 0.3) is 6.08 Å². The van der Waals surface area contributed by atoms with Crippen molar-refractivity contribution < 1.29 is 9.53 Å². The van der Waals surface area contributed by atoms with Crippen molar-refractivity contribution in [2.75, 3.05) is 7.11 Å². The van der Waals surface area contributed by atoms with E-state index in [1.165, 1.54) is 7.11 Å². The van der Waals surface area contributed by atoms with Gasteiger partial charge in [-0.05, 0) is 24.1 Å². The highest BCUT2D eigenvalue weighted by molar-refractivity contribution is 6.32. The molecule has 0 saturated heterocycles. The molecule has 0 aliphatic heterocycles. The third-order valence-corrected chi connectivity index (χ3v) is 2.29. The Morgan fingerprint density at radius 2 is 2.27 bits per heavy atom. The minimum absolute atomic E-state index is 0.255. The number of hydrogen-bond donors (Lipinski definition) is 0. The Bertz CT molecular complexity index is 383.